The summed E-state index contributed by atoms with van der Waals surface area (Å²) in [6, 6.07) is 3.38. The molecule has 0 bridgehead atoms. The van der Waals surface area contributed by atoms with Gasteiger partial charge in [-0.2, -0.15) is 9.97 Å². The Morgan fingerprint density at radius 3 is 1.78 bits per heavy atom. The number of halogens is 2. The van der Waals surface area contributed by atoms with Gasteiger partial charge in [-0.25, -0.2) is 24.1 Å². The van der Waals surface area contributed by atoms with Crippen LogP contribution >= 0.6 is 23.2 Å². The molecule has 13 heteroatoms. The highest BCUT2D eigenvalue weighted by atomic mass is 35.5. The molecule has 4 aromatic rings. The quantitative estimate of drug-likeness (QED) is 0.300. The van der Waals surface area contributed by atoms with Crippen LogP contribution in [0.3, 0.4) is 0 Å². The minimum atomic E-state index is -0.973. The van der Waals surface area contributed by atoms with Crippen LogP contribution in [0.4, 0.5) is 0 Å². The van der Waals surface area contributed by atoms with Crippen molar-refractivity contribution in [2.75, 3.05) is 36.2 Å². The molecule has 0 aromatic carbocycles. The van der Waals surface area contributed by atoms with Crippen LogP contribution in [-0.2, 0) is 0 Å². The second kappa shape index (κ2) is 10.9. The number of carboxylic acids is 1. The van der Waals surface area contributed by atoms with Gasteiger partial charge in [0.05, 0.1) is 0 Å². The smallest absolute Gasteiger partial charge is 0.354 e. The molecule has 0 atom stereocenters. The molecule has 1 N–H and O–H groups in total. The van der Waals surface area contributed by atoms with Gasteiger partial charge in [0.25, 0.3) is 0 Å². The van der Waals surface area contributed by atoms with E-state index in [9.17, 15) is 14.7 Å². The predicted octanol–water partition coefficient (Wildman–Crippen LogP) is 3.92. The van der Waals surface area contributed by atoms with Gasteiger partial charge < -0.3 is 15.1 Å². The first kappa shape index (κ1) is 25.2. The lowest BCUT2D eigenvalue weighted by Gasteiger charge is -2.30. The molecule has 6 rings (SSSR count). The van der Waals surface area contributed by atoms with E-state index in [1.807, 2.05) is 9.69 Å². The van der Waals surface area contributed by atoms with Crippen molar-refractivity contribution in [3.63, 3.8) is 0 Å². The molecule has 2 aliphatic rings. The highest BCUT2D eigenvalue weighted by molar-refractivity contribution is 6.28. The molecule has 0 spiro atoms. The van der Waals surface area contributed by atoms with Gasteiger partial charge in [-0.05, 0) is 73.9 Å². The molecule has 0 aliphatic carbocycles. The van der Waals surface area contributed by atoms with Gasteiger partial charge in [-0.15, -0.1) is 0 Å². The van der Waals surface area contributed by atoms with Gasteiger partial charge in [0.15, 0.2) is 23.3 Å². The third-order valence-corrected chi connectivity index (χ3v) is 6.94. The summed E-state index contributed by atoms with van der Waals surface area (Å²) in [7, 11) is 0. The van der Waals surface area contributed by atoms with Crippen LogP contribution in [0.15, 0.2) is 24.5 Å². The average molecular weight is 545 g/mol. The van der Waals surface area contributed by atoms with Gasteiger partial charge in [-0.1, -0.05) is 0 Å². The number of carbonyl (C=O) groups is 2. The van der Waals surface area contributed by atoms with E-state index < -0.39 is 5.97 Å². The van der Waals surface area contributed by atoms with Crippen LogP contribution in [0, 0.1) is 0 Å². The van der Waals surface area contributed by atoms with E-state index in [2.05, 4.69) is 24.9 Å². The molecule has 194 valence electrons. The van der Waals surface area contributed by atoms with Crippen LogP contribution in [0.25, 0.3) is 22.1 Å². The van der Waals surface area contributed by atoms with E-state index in [1.165, 1.54) is 12.8 Å². The molecule has 2 aliphatic heterocycles. The Morgan fingerprint density at radius 2 is 1.27 bits per heavy atom. The van der Waals surface area contributed by atoms with Gasteiger partial charge in [0.2, 0.25) is 10.6 Å². The second-order valence-corrected chi connectivity index (χ2v) is 9.69. The van der Waals surface area contributed by atoms with Crippen LogP contribution in [0.1, 0.15) is 59.5 Å². The Balaban J connectivity index is 0.000000152. The Kier molecular flexibility index (Phi) is 7.43. The number of piperidine rings is 2. The number of carboxylic acid groups (broad SMARTS) is 1. The number of carbonyl (C=O) groups excluding carboxylic acids is 1. The van der Waals surface area contributed by atoms with Crippen molar-refractivity contribution in [3.8, 4) is 0 Å². The fourth-order valence-electron chi connectivity index (χ4n) is 4.91. The van der Waals surface area contributed by atoms with Crippen LogP contribution in [0.2, 0.25) is 10.6 Å². The fourth-order valence-corrected chi connectivity index (χ4v) is 5.16. The van der Waals surface area contributed by atoms with E-state index in [-0.39, 0.29) is 16.3 Å². The molecule has 4 aromatic heterocycles. The maximum absolute atomic E-state index is 11.4. The maximum atomic E-state index is 11.4. The van der Waals surface area contributed by atoms with Crippen LogP contribution < -0.4 is 10.0 Å². The maximum Gasteiger partial charge on any atom is 0.354 e. The molecule has 37 heavy (non-hydrogen) atoms. The summed E-state index contributed by atoms with van der Waals surface area (Å²) >= 11 is 11.7. The lowest BCUT2D eigenvalue weighted by molar-refractivity contribution is 0.0684. The molecule has 0 saturated carbocycles. The topological polar surface area (TPSA) is 122 Å². The van der Waals surface area contributed by atoms with E-state index in [0.717, 1.165) is 63.5 Å². The van der Waals surface area contributed by atoms with E-state index in [4.69, 9.17) is 23.2 Å². The lowest BCUT2D eigenvalue weighted by Crippen LogP contribution is -2.40. The molecule has 2 fully saturated rings. The predicted molar refractivity (Wildman–Crippen MR) is 141 cm³/mol. The Bertz CT molecular complexity index is 1440. The third-order valence-electron chi connectivity index (χ3n) is 6.57. The number of hydrogen-bond donors (Lipinski definition) is 1. The monoisotopic (exact) mass is 544 g/mol. The Morgan fingerprint density at radius 1 is 0.784 bits per heavy atom. The van der Waals surface area contributed by atoms with Crippen molar-refractivity contribution < 1.29 is 14.7 Å². The summed E-state index contributed by atoms with van der Waals surface area (Å²) in [4.78, 5) is 38.8. The summed E-state index contributed by atoms with van der Waals surface area (Å²) in [6.07, 6.45) is 10.8. The van der Waals surface area contributed by atoms with E-state index in [1.54, 1.807) is 29.2 Å². The summed E-state index contributed by atoms with van der Waals surface area (Å²) in [5.74, 6) is -0.973. The fraction of sp³-hybridized carbons (Fsp3) is 0.417. The minimum Gasteiger partial charge on any atom is -0.477 e. The van der Waals surface area contributed by atoms with Crippen molar-refractivity contribution in [3.05, 3.63) is 46.5 Å². The summed E-state index contributed by atoms with van der Waals surface area (Å²) in [5.41, 5.74) is 2.07. The highest BCUT2D eigenvalue weighted by Crippen LogP contribution is 2.22. The van der Waals surface area contributed by atoms with Gasteiger partial charge >= 0.3 is 5.97 Å². The highest BCUT2D eigenvalue weighted by Gasteiger charge is 2.22. The van der Waals surface area contributed by atoms with Crippen LogP contribution in [-0.4, -0.2) is 72.8 Å². The van der Waals surface area contributed by atoms with Crippen molar-refractivity contribution >= 4 is 57.5 Å². The van der Waals surface area contributed by atoms with Crippen molar-refractivity contribution in [2.45, 2.75) is 38.5 Å². The van der Waals surface area contributed by atoms with Crippen molar-refractivity contribution in [1.29, 1.82) is 0 Å². The molecular formula is C24H26Cl2N8O3. The largest absolute Gasteiger partial charge is 0.477 e. The third kappa shape index (κ3) is 5.19. The zero-order valence-electron chi connectivity index (χ0n) is 20.1. The van der Waals surface area contributed by atoms with Gasteiger partial charge in [-0.3, -0.25) is 4.79 Å². The number of aldehydes is 1. The first-order chi connectivity index (χ1) is 18.0. The van der Waals surface area contributed by atoms with Crippen LogP contribution in [0.5, 0.6) is 0 Å². The number of hydrogen-bond acceptors (Lipinski definition) is 8. The molecule has 6 heterocycles. The second-order valence-electron chi connectivity index (χ2n) is 9.01. The molecule has 0 amide bonds. The van der Waals surface area contributed by atoms with Gasteiger partial charge in [0, 0.05) is 49.3 Å². The first-order valence-electron chi connectivity index (χ1n) is 12.2. The van der Waals surface area contributed by atoms with E-state index >= 15 is 0 Å². The number of nitrogens with zero attached hydrogens (tertiary/aromatic N) is 8. The average Bonchev–Trinajstić information content (AvgIpc) is 3.48. The normalized spacial score (nSPS) is 16.1. The molecule has 0 unspecified atom stereocenters. The zero-order valence-corrected chi connectivity index (χ0v) is 21.6. The summed E-state index contributed by atoms with van der Waals surface area (Å²) in [6.45, 7) is 3.52. The summed E-state index contributed by atoms with van der Waals surface area (Å²) < 4.78 is 3.53. The molecule has 11 nitrogen and oxygen atoms in total. The van der Waals surface area contributed by atoms with Gasteiger partial charge in [0.1, 0.15) is 5.69 Å². The van der Waals surface area contributed by atoms with Crippen molar-refractivity contribution in [1.82, 2.24) is 29.3 Å². The minimum absolute atomic E-state index is 0.126. The summed E-state index contributed by atoms with van der Waals surface area (Å²) in [5, 5.41) is 15.4. The standard InChI is InChI=1S/C12H13ClN4O2.C12H13ClN4O/c13-12-14-7-8-6-9(11(18)19)17(10(8)15-12)16-4-2-1-3-5-16;13-12-14-7-9-6-10(8-18)17(11(9)15-12)16-4-2-1-3-5-16/h6-7H,1-5H2,(H,18,19);6-8H,1-5H2. The molecule has 0 radical (unpaired) electrons. The Labute approximate surface area is 222 Å². The molecular weight excluding hydrogens is 519 g/mol. The van der Waals surface area contributed by atoms with Crippen molar-refractivity contribution in [2.24, 2.45) is 0 Å². The zero-order chi connectivity index (χ0) is 25.9. The number of rotatable bonds is 4. The van der Waals surface area contributed by atoms with E-state index in [0.29, 0.717) is 22.4 Å². The molecule has 2 saturated heterocycles. The number of fused-ring (bicyclic) bond motifs is 2. The lowest BCUT2D eigenvalue weighted by atomic mass is 10.2. The Hall–Kier alpha value is -3.44. The first-order valence-corrected chi connectivity index (χ1v) is 13.0. The number of aromatic nitrogens is 6. The number of aromatic carboxylic acids is 1. The SMILES string of the molecule is O=C(O)c1cc2cnc(Cl)nc2n1N1CCCCC1.O=Cc1cc2cnc(Cl)nc2n1N1CCCCC1.